The molecule has 34 heavy (non-hydrogen) atoms. The smallest absolute Gasteiger partial charge is 0.253 e. The Morgan fingerprint density at radius 1 is 1.12 bits per heavy atom. The van der Waals surface area contributed by atoms with Gasteiger partial charge in [0.1, 0.15) is 0 Å². The van der Waals surface area contributed by atoms with E-state index in [1.807, 2.05) is 20.8 Å². The van der Waals surface area contributed by atoms with Crippen LogP contribution >= 0.6 is 23.2 Å². The molecule has 10 heteroatoms. The van der Waals surface area contributed by atoms with Gasteiger partial charge in [-0.1, -0.05) is 41.4 Å². The predicted molar refractivity (Wildman–Crippen MR) is 136 cm³/mol. The lowest BCUT2D eigenvalue weighted by atomic mass is 9.98. The summed E-state index contributed by atoms with van der Waals surface area (Å²) in [7, 11) is -3.69. The molecule has 1 heterocycles. The number of hydrogen-bond acceptors (Lipinski definition) is 4. The number of nitrogens with one attached hydrogen (secondary N) is 2. The van der Waals surface area contributed by atoms with Gasteiger partial charge in [0.15, 0.2) is 0 Å². The molecule has 1 fully saturated rings. The number of piperidine rings is 1. The Kier molecular flexibility index (Phi) is 8.29. The Labute approximate surface area is 210 Å². The number of hydrogen-bond donors (Lipinski definition) is 2. The van der Waals surface area contributed by atoms with Crippen LogP contribution in [0.15, 0.2) is 42.5 Å². The zero-order valence-corrected chi connectivity index (χ0v) is 21.7. The number of amides is 2. The molecule has 2 aromatic carbocycles. The second kappa shape index (κ2) is 10.6. The largest absolute Gasteiger partial charge is 0.347 e. The quantitative estimate of drug-likeness (QED) is 0.571. The van der Waals surface area contributed by atoms with Gasteiger partial charge < -0.3 is 10.6 Å². The van der Waals surface area contributed by atoms with Crippen molar-refractivity contribution in [3.63, 3.8) is 0 Å². The lowest BCUT2D eigenvalue weighted by Gasteiger charge is -2.31. The summed E-state index contributed by atoms with van der Waals surface area (Å²) in [5.74, 6) is -1.42. The number of rotatable bonds is 6. The third kappa shape index (κ3) is 6.95. The van der Waals surface area contributed by atoms with Crippen LogP contribution in [0.1, 0.15) is 49.5 Å². The third-order valence-corrected chi connectivity index (χ3v) is 7.80. The van der Waals surface area contributed by atoms with Crippen molar-refractivity contribution in [2.75, 3.05) is 18.4 Å². The van der Waals surface area contributed by atoms with Crippen molar-refractivity contribution in [3.8, 4) is 0 Å². The fraction of sp³-hybridized carbons (Fsp3) is 0.417. The Hall–Kier alpha value is -2.13. The molecule has 0 aromatic heterocycles. The van der Waals surface area contributed by atoms with E-state index in [2.05, 4.69) is 10.6 Å². The second-order valence-electron chi connectivity index (χ2n) is 9.43. The van der Waals surface area contributed by atoms with E-state index in [1.54, 1.807) is 36.4 Å². The maximum absolute atomic E-state index is 13.0. The van der Waals surface area contributed by atoms with Crippen molar-refractivity contribution in [2.24, 2.45) is 5.92 Å². The molecule has 1 saturated heterocycles. The van der Waals surface area contributed by atoms with Crippen LogP contribution in [0.2, 0.25) is 10.0 Å². The van der Waals surface area contributed by atoms with Crippen LogP contribution in [0.4, 0.5) is 5.69 Å². The van der Waals surface area contributed by atoms with Crippen molar-refractivity contribution in [1.29, 1.82) is 0 Å². The zero-order chi connectivity index (χ0) is 25.1. The first-order valence-electron chi connectivity index (χ1n) is 11.0. The molecule has 0 bridgehead atoms. The van der Waals surface area contributed by atoms with E-state index < -0.39 is 21.5 Å². The van der Waals surface area contributed by atoms with E-state index in [1.165, 1.54) is 10.4 Å². The molecule has 184 valence electrons. The highest BCUT2D eigenvalue weighted by atomic mass is 35.5. The standard InChI is InChI=1S/C24H29Cl2N3O4S/c1-24(2,3)28-23(31)19-8-4-5-9-21(19)27-22(30)16-7-6-12-29(14-16)34(32,33)15-17-10-11-18(25)13-20(17)26/h4-5,8-11,13,16H,6-7,12,14-15H2,1-3H3,(H,27,30)(H,28,31)/t16-/m0/s1. The topological polar surface area (TPSA) is 95.6 Å². The molecular formula is C24H29Cl2N3O4S. The Morgan fingerprint density at radius 2 is 1.82 bits per heavy atom. The zero-order valence-electron chi connectivity index (χ0n) is 19.4. The van der Waals surface area contributed by atoms with Gasteiger partial charge in [0, 0.05) is 28.7 Å². The van der Waals surface area contributed by atoms with Crippen molar-refractivity contribution in [1.82, 2.24) is 9.62 Å². The molecule has 0 radical (unpaired) electrons. The first-order chi connectivity index (χ1) is 15.9. The summed E-state index contributed by atoms with van der Waals surface area (Å²) in [5, 5.41) is 6.43. The molecule has 7 nitrogen and oxygen atoms in total. The molecular weight excluding hydrogens is 497 g/mol. The summed E-state index contributed by atoms with van der Waals surface area (Å²) in [5.41, 5.74) is 0.765. The van der Waals surface area contributed by atoms with Crippen LogP contribution in [0.25, 0.3) is 0 Å². The molecule has 0 saturated carbocycles. The molecule has 1 aliphatic rings. The van der Waals surface area contributed by atoms with Crippen LogP contribution in [-0.2, 0) is 20.6 Å². The van der Waals surface area contributed by atoms with Crippen LogP contribution in [0.3, 0.4) is 0 Å². The summed E-state index contributed by atoms with van der Waals surface area (Å²) in [6, 6.07) is 11.5. The Morgan fingerprint density at radius 3 is 2.50 bits per heavy atom. The normalized spacial score (nSPS) is 17.3. The highest BCUT2D eigenvalue weighted by molar-refractivity contribution is 7.88. The number of benzene rings is 2. The van der Waals surface area contributed by atoms with E-state index in [4.69, 9.17) is 23.2 Å². The van der Waals surface area contributed by atoms with Gasteiger partial charge in [-0.15, -0.1) is 0 Å². The third-order valence-electron chi connectivity index (χ3n) is 5.42. The first kappa shape index (κ1) is 26.5. The highest BCUT2D eigenvalue weighted by Crippen LogP contribution is 2.27. The minimum Gasteiger partial charge on any atom is -0.347 e. The Bertz CT molecular complexity index is 1180. The summed E-state index contributed by atoms with van der Waals surface area (Å²) < 4.78 is 27.4. The molecule has 2 amide bonds. The van der Waals surface area contributed by atoms with Crippen molar-refractivity contribution in [2.45, 2.75) is 44.9 Å². The number of carbonyl (C=O) groups excluding carboxylic acids is 2. The molecule has 0 spiro atoms. The van der Waals surface area contributed by atoms with Gasteiger partial charge >= 0.3 is 0 Å². The fourth-order valence-corrected chi connectivity index (χ4v) is 5.96. The van der Waals surface area contributed by atoms with Crippen LogP contribution in [0, 0.1) is 5.92 Å². The van der Waals surface area contributed by atoms with Crippen LogP contribution in [-0.4, -0.2) is 43.2 Å². The summed E-state index contributed by atoms with van der Waals surface area (Å²) in [6.45, 7) is 6.03. The van der Waals surface area contributed by atoms with E-state index in [-0.39, 0.29) is 29.1 Å². The number of carbonyl (C=O) groups is 2. The number of halogens is 2. The van der Waals surface area contributed by atoms with Gasteiger partial charge in [-0.05, 0) is 63.4 Å². The number of sulfonamides is 1. The molecule has 2 N–H and O–H groups in total. The van der Waals surface area contributed by atoms with E-state index in [0.717, 1.165) is 0 Å². The lowest BCUT2D eigenvalue weighted by molar-refractivity contribution is -0.120. The minimum absolute atomic E-state index is 0.0652. The van der Waals surface area contributed by atoms with Gasteiger partial charge in [-0.2, -0.15) is 0 Å². The molecule has 2 aromatic rings. The first-order valence-corrected chi connectivity index (χ1v) is 13.4. The second-order valence-corrected chi connectivity index (χ2v) is 12.2. The summed E-state index contributed by atoms with van der Waals surface area (Å²) >= 11 is 12.1. The van der Waals surface area contributed by atoms with Gasteiger partial charge in [0.05, 0.1) is 22.9 Å². The van der Waals surface area contributed by atoms with Crippen LogP contribution < -0.4 is 10.6 Å². The molecule has 0 aliphatic carbocycles. The minimum atomic E-state index is -3.69. The van der Waals surface area contributed by atoms with Gasteiger partial charge in [0.25, 0.3) is 5.91 Å². The van der Waals surface area contributed by atoms with Crippen LogP contribution in [0.5, 0.6) is 0 Å². The number of anilines is 1. The summed E-state index contributed by atoms with van der Waals surface area (Å²) in [6.07, 6.45) is 1.10. The Balaban J connectivity index is 1.71. The van der Waals surface area contributed by atoms with Gasteiger partial charge in [0.2, 0.25) is 15.9 Å². The fourth-order valence-electron chi connectivity index (χ4n) is 3.77. The van der Waals surface area contributed by atoms with E-state index in [0.29, 0.717) is 41.2 Å². The molecule has 1 atom stereocenters. The SMILES string of the molecule is CC(C)(C)NC(=O)c1ccccc1NC(=O)[C@H]1CCCN(S(=O)(=O)Cc2ccc(Cl)cc2Cl)C1. The maximum atomic E-state index is 13.0. The van der Waals surface area contributed by atoms with Gasteiger partial charge in [-0.25, -0.2) is 12.7 Å². The van der Waals surface area contributed by atoms with E-state index in [9.17, 15) is 18.0 Å². The molecule has 1 aliphatic heterocycles. The average molecular weight is 526 g/mol. The number of nitrogens with zero attached hydrogens (tertiary/aromatic N) is 1. The predicted octanol–water partition coefficient (Wildman–Crippen LogP) is 4.70. The monoisotopic (exact) mass is 525 g/mol. The highest BCUT2D eigenvalue weighted by Gasteiger charge is 2.33. The van der Waals surface area contributed by atoms with Gasteiger partial charge in [-0.3, -0.25) is 9.59 Å². The summed E-state index contributed by atoms with van der Waals surface area (Å²) in [4.78, 5) is 25.7. The van der Waals surface area contributed by atoms with Crippen molar-refractivity contribution in [3.05, 3.63) is 63.6 Å². The maximum Gasteiger partial charge on any atom is 0.253 e. The molecule has 3 rings (SSSR count). The molecule has 0 unspecified atom stereocenters. The lowest BCUT2D eigenvalue weighted by Crippen LogP contribution is -2.44. The van der Waals surface area contributed by atoms with E-state index >= 15 is 0 Å². The van der Waals surface area contributed by atoms with Crippen molar-refractivity contribution >= 4 is 50.7 Å². The van der Waals surface area contributed by atoms with Crippen molar-refractivity contribution < 1.29 is 18.0 Å². The average Bonchev–Trinajstić information content (AvgIpc) is 2.75. The number of para-hydroxylation sites is 1.